The fourth-order valence-corrected chi connectivity index (χ4v) is 2.69. The van der Waals surface area contributed by atoms with Crippen molar-refractivity contribution in [2.75, 3.05) is 26.2 Å². The summed E-state index contributed by atoms with van der Waals surface area (Å²) in [4.78, 5) is 19.1. The van der Waals surface area contributed by atoms with Crippen LogP contribution in [0.3, 0.4) is 0 Å². The lowest BCUT2D eigenvalue weighted by Crippen LogP contribution is -2.48. The van der Waals surface area contributed by atoms with Gasteiger partial charge in [-0.25, -0.2) is 4.99 Å². The zero-order valence-electron chi connectivity index (χ0n) is 18.3. The second-order valence-corrected chi connectivity index (χ2v) is 7.58. The van der Waals surface area contributed by atoms with Crippen LogP contribution < -0.4 is 16.0 Å². The fourth-order valence-electron chi connectivity index (χ4n) is 2.69. The third-order valence-corrected chi connectivity index (χ3v) is 4.09. The average Bonchev–Trinajstić information content (AvgIpc) is 2.61. The van der Waals surface area contributed by atoms with Gasteiger partial charge in [0.05, 0.1) is 13.1 Å². The van der Waals surface area contributed by atoms with Crippen LogP contribution in [-0.2, 0) is 17.9 Å². The van der Waals surface area contributed by atoms with Crippen molar-refractivity contribution in [1.29, 1.82) is 0 Å². The number of benzene rings is 1. The van der Waals surface area contributed by atoms with Crippen molar-refractivity contribution >= 4 is 35.8 Å². The molecule has 0 heterocycles. The first-order valence-electron chi connectivity index (χ1n) is 9.91. The van der Waals surface area contributed by atoms with Crippen molar-refractivity contribution in [3.05, 3.63) is 35.4 Å². The maximum absolute atomic E-state index is 12.0. The molecule has 0 aromatic heterocycles. The van der Waals surface area contributed by atoms with E-state index in [2.05, 4.69) is 57.9 Å². The van der Waals surface area contributed by atoms with E-state index < -0.39 is 0 Å². The molecule has 0 aliphatic rings. The molecule has 0 radical (unpaired) electrons. The number of carbonyl (C=O) groups is 1. The summed E-state index contributed by atoms with van der Waals surface area (Å²) in [6, 6.07) is 8.42. The predicted octanol–water partition coefficient (Wildman–Crippen LogP) is 3.12. The van der Waals surface area contributed by atoms with E-state index in [0.717, 1.165) is 26.2 Å². The standard InChI is InChI=1S/C21H37N5O.HI/c1-7-22-20(24-15-19(27)25-21(4,5)6)23-14-17-12-10-11-13-18(17)16-26(8-2)9-3;/h10-13H,7-9,14-16H2,1-6H3,(H,25,27)(H2,22,23,24);1H. The van der Waals surface area contributed by atoms with Gasteiger partial charge in [0.25, 0.3) is 0 Å². The summed E-state index contributed by atoms with van der Waals surface area (Å²) < 4.78 is 0. The molecule has 1 amide bonds. The number of rotatable bonds is 9. The summed E-state index contributed by atoms with van der Waals surface area (Å²) in [6.07, 6.45) is 0. The Kier molecular flexibility index (Phi) is 13.1. The highest BCUT2D eigenvalue weighted by Gasteiger charge is 2.13. The van der Waals surface area contributed by atoms with Crippen molar-refractivity contribution in [2.45, 2.75) is 60.2 Å². The summed E-state index contributed by atoms with van der Waals surface area (Å²) in [7, 11) is 0. The molecule has 1 rings (SSSR count). The van der Waals surface area contributed by atoms with Crippen molar-refractivity contribution in [3.8, 4) is 0 Å². The van der Waals surface area contributed by atoms with Crippen LogP contribution in [0.5, 0.6) is 0 Å². The van der Waals surface area contributed by atoms with E-state index in [4.69, 9.17) is 0 Å². The van der Waals surface area contributed by atoms with Gasteiger partial charge in [-0.15, -0.1) is 24.0 Å². The molecule has 0 atom stereocenters. The number of nitrogens with one attached hydrogen (secondary N) is 3. The van der Waals surface area contributed by atoms with Gasteiger partial charge in [-0.2, -0.15) is 0 Å². The lowest BCUT2D eigenvalue weighted by Gasteiger charge is -2.21. The molecule has 0 aliphatic heterocycles. The number of hydrogen-bond acceptors (Lipinski definition) is 3. The van der Waals surface area contributed by atoms with Crippen LogP contribution in [0.25, 0.3) is 0 Å². The van der Waals surface area contributed by atoms with E-state index in [0.29, 0.717) is 12.5 Å². The molecule has 0 saturated carbocycles. The van der Waals surface area contributed by atoms with Crippen LogP contribution in [0.4, 0.5) is 0 Å². The molecule has 0 saturated heterocycles. The second kappa shape index (κ2) is 13.8. The Morgan fingerprint density at radius 3 is 2.18 bits per heavy atom. The Labute approximate surface area is 188 Å². The number of hydrogen-bond donors (Lipinski definition) is 3. The van der Waals surface area contributed by atoms with E-state index in [1.54, 1.807) is 0 Å². The first kappa shape index (κ1) is 26.6. The highest BCUT2D eigenvalue weighted by molar-refractivity contribution is 14.0. The third-order valence-electron chi connectivity index (χ3n) is 4.09. The highest BCUT2D eigenvalue weighted by atomic mass is 127. The van der Waals surface area contributed by atoms with Gasteiger partial charge in [-0.3, -0.25) is 9.69 Å². The van der Waals surface area contributed by atoms with E-state index in [-0.39, 0.29) is 42.0 Å². The smallest absolute Gasteiger partial charge is 0.239 e. The topological polar surface area (TPSA) is 68.8 Å². The third kappa shape index (κ3) is 10.8. The van der Waals surface area contributed by atoms with Gasteiger partial charge in [0.15, 0.2) is 5.96 Å². The lowest BCUT2D eigenvalue weighted by atomic mass is 10.1. The zero-order valence-corrected chi connectivity index (χ0v) is 20.6. The lowest BCUT2D eigenvalue weighted by molar-refractivity contribution is -0.121. The maximum atomic E-state index is 12.0. The second-order valence-electron chi connectivity index (χ2n) is 7.58. The fraction of sp³-hybridized carbons (Fsp3) is 0.619. The normalized spacial score (nSPS) is 11.8. The highest BCUT2D eigenvalue weighted by Crippen LogP contribution is 2.13. The largest absolute Gasteiger partial charge is 0.357 e. The van der Waals surface area contributed by atoms with Crippen LogP contribution in [-0.4, -0.2) is 48.5 Å². The Balaban J connectivity index is 0.00000729. The minimum Gasteiger partial charge on any atom is -0.357 e. The molecule has 28 heavy (non-hydrogen) atoms. The molecule has 6 nitrogen and oxygen atoms in total. The van der Waals surface area contributed by atoms with Gasteiger partial charge in [-0.1, -0.05) is 38.1 Å². The molecule has 0 unspecified atom stereocenters. The Morgan fingerprint density at radius 1 is 1.04 bits per heavy atom. The molecular formula is C21H38IN5O. The van der Waals surface area contributed by atoms with Gasteiger partial charge < -0.3 is 16.0 Å². The van der Waals surface area contributed by atoms with Crippen LogP contribution in [0.2, 0.25) is 0 Å². The molecule has 0 spiro atoms. The quantitative estimate of drug-likeness (QED) is 0.275. The van der Waals surface area contributed by atoms with E-state index in [1.807, 2.05) is 33.8 Å². The number of carbonyl (C=O) groups excluding carboxylic acids is 1. The minimum absolute atomic E-state index is 0. The van der Waals surface area contributed by atoms with Crippen molar-refractivity contribution < 1.29 is 4.79 Å². The van der Waals surface area contributed by atoms with Gasteiger partial charge in [0.2, 0.25) is 5.91 Å². The Morgan fingerprint density at radius 2 is 1.64 bits per heavy atom. The van der Waals surface area contributed by atoms with Crippen LogP contribution in [0, 0.1) is 0 Å². The number of aliphatic imine (C=N–C) groups is 1. The Hall–Kier alpha value is -1.35. The van der Waals surface area contributed by atoms with E-state index in [9.17, 15) is 4.79 Å². The number of nitrogens with zero attached hydrogens (tertiary/aromatic N) is 2. The molecule has 3 N–H and O–H groups in total. The van der Waals surface area contributed by atoms with Gasteiger partial charge in [0, 0.05) is 18.6 Å². The molecule has 1 aromatic carbocycles. The van der Waals surface area contributed by atoms with Crippen LogP contribution in [0.1, 0.15) is 52.7 Å². The monoisotopic (exact) mass is 503 g/mol. The molecule has 1 aromatic rings. The minimum atomic E-state index is -0.238. The number of halogens is 1. The first-order valence-corrected chi connectivity index (χ1v) is 9.91. The predicted molar refractivity (Wildman–Crippen MR) is 129 cm³/mol. The molecule has 0 aliphatic carbocycles. The van der Waals surface area contributed by atoms with Crippen LogP contribution >= 0.6 is 24.0 Å². The maximum Gasteiger partial charge on any atom is 0.239 e. The van der Waals surface area contributed by atoms with Gasteiger partial charge >= 0.3 is 0 Å². The number of guanidine groups is 1. The molecule has 0 bridgehead atoms. The molecule has 7 heteroatoms. The zero-order chi connectivity index (χ0) is 20.3. The SMILES string of the molecule is CCNC(=NCc1ccccc1CN(CC)CC)NCC(=O)NC(C)(C)C.I. The van der Waals surface area contributed by atoms with Crippen molar-refractivity contribution in [3.63, 3.8) is 0 Å². The van der Waals surface area contributed by atoms with E-state index in [1.165, 1.54) is 11.1 Å². The first-order chi connectivity index (χ1) is 12.8. The summed E-state index contributed by atoms with van der Waals surface area (Å²) in [6.45, 7) is 16.8. The van der Waals surface area contributed by atoms with E-state index >= 15 is 0 Å². The van der Waals surface area contributed by atoms with Crippen LogP contribution in [0.15, 0.2) is 29.3 Å². The Bertz CT molecular complexity index is 609. The molecular weight excluding hydrogens is 465 g/mol. The number of amides is 1. The van der Waals surface area contributed by atoms with Gasteiger partial charge in [0.1, 0.15) is 0 Å². The molecule has 160 valence electrons. The van der Waals surface area contributed by atoms with Crippen molar-refractivity contribution in [2.24, 2.45) is 4.99 Å². The average molecular weight is 503 g/mol. The summed E-state index contributed by atoms with van der Waals surface area (Å²) in [5.41, 5.74) is 2.27. The van der Waals surface area contributed by atoms with Crippen molar-refractivity contribution in [1.82, 2.24) is 20.9 Å². The van der Waals surface area contributed by atoms with Gasteiger partial charge in [-0.05, 0) is 51.9 Å². The summed E-state index contributed by atoms with van der Waals surface area (Å²) >= 11 is 0. The molecule has 0 fully saturated rings. The summed E-state index contributed by atoms with van der Waals surface area (Å²) in [5, 5.41) is 9.26. The summed E-state index contributed by atoms with van der Waals surface area (Å²) in [5.74, 6) is 0.606.